The fourth-order valence-electron chi connectivity index (χ4n) is 4.54. The molecular weight excluding hydrogens is 516 g/mol. The number of rotatable bonds is 12. The van der Waals surface area contributed by atoms with Crippen LogP contribution in [0.25, 0.3) is 21.8 Å². The van der Waals surface area contributed by atoms with Gasteiger partial charge in [0.1, 0.15) is 12.1 Å². The number of aromatic amines is 2. The third-order valence-electron chi connectivity index (χ3n) is 6.67. The molecule has 4 aromatic rings. The van der Waals surface area contributed by atoms with E-state index < -0.39 is 54.5 Å². The number of amides is 3. The second-order valence-electron chi connectivity index (χ2n) is 9.64. The second-order valence-corrected chi connectivity index (χ2v) is 9.64. The van der Waals surface area contributed by atoms with Gasteiger partial charge in [-0.1, -0.05) is 36.4 Å². The summed E-state index contributed by atoms with van der Waals surface area (Å²) in [5, 5.41) is 28.7. The van der Waals surface area contributed by atoms with Crippen LogP contribution in [0, 0.1) is 0 Å². The molecule has 2 aromatic heterocycles. The molecule has 9 N–H and O–H groups in total. The first-order valence-corrected chi connectivity index (χ1v) is 12.8. The maximum atomic E-state index is 12.7. The van der Waals surface area contributed by atoms with Crippen molar-refractivity contribution in [1.82, 2.24) is 25.9 Å². The maximum absolute atomic E-state index is 12.7. The van der Waals surface area contributed by atoms with Gasteiger partial charge >= 0.3 is 5.97 Å². The van der Waals surface area contributed by atoms with E-state index in [1.54, 1.807) is 12.4 Å². The molecule has 4 rings (SSSR count). The van der Waals surface area contributed by atoms with E-state index >= 15 is 0 Å². The maximum Gasteiger partial charge on any atom is 0.326 e. The van der Waals surface area contributed by atoms with Gasteiger partial charge in [-0.3, -0.25) is 14.4 Å². The van der Waals surface area contributed by atoms with E-state index in [0.29, 0.717) is 5.56 Å². The average Bonchev–Trinajstić information content (AvgIpc) is 3.53. The number of aromatic nitrogens is 2. The number of H-pyrrole nitrogens is 2. The van der Waals surface area contributed by atoms with Crippen LogP contribution in [0.3, 0.4) is 0 Å². The Hall–Kier alpha value is -4.68. The first-order chi connectivity index (χ1) is 19.1. The van der Waals surface area contributed by atoms with E-state index in [0.717, 1.165) is 27.4 Å². The van der Waals surface area contributed by atoms with Crippen LogP contribution in [0.4, 0.5) is 0 Å². The SMILES string of the molecule is CC(O)C(NC(=O)C(N)Cc1c[nH]c2ccccc12)C(=O)NCC(=O)NC(Cc1c[nH]c2ccccc12)C(=O)O. The molecule has 0 saturated heterocycles. The largest absolute Gasteiger partial charge is 0.480 e. The van der Waals surface area contributed by atoms with Crippen molar-refractivity contribution in [2.45, 2.75) is 44.0 Å². The van der Waals surface area contributed by atoms with Crippen molar-refractivity contribution in [1.29, 1.82) is 0 Å². The monoisotopic (exact) mass is 548 g/mol. The molecule has 0 bridgehead atoms. The van der Waals surface area contributed by atoms with E-state index in [9.17, 15) is 29.4 Å². The number of aliphatic hydroxyl groups is 1. The minimum atomic E-state index is -1.38. The van der Waals surface area contributed by atoms with Crippen molar-refractivity contribution in [2.75, 3.05) is 6.54 Å². The van der Waals surface area contributed by atoms with Gasteiger partial charge in [0.15, 0.2) is 0 Å². The van der Waals surface area contributed by atoms with Crippen LogP contribution < -0.4 is 21.7 Å². The first-order valence-electron chi connectivity index (χ1n) is 12.8. The summed E-state index contributed by atoms with van der Waals surface area (Å²) in [6, 6.07) is 11.3. The molecule has 2 heterocycles. The molecule has 0 aliphatic carbocycles. The number of fused-ring (bicyclic) bond motifs is 2. The smallest absolute Gasteiger partial charge is 0.326 e. The topological polar surface area (TPSA) is 202 Å². The Morgan fingerprint density at radius 2 is 1.40 bits per heavy atom. The van der Waals surface area contributed by atoms with Gasteiger partial charge in [0.25, 0.3) is 0 Å². The van der Waals surface area contributed by atoms with Crippen LogP contribution in [0.5, 0.6) is 0 Å². The number of carbonyl (C=O) groups excluding carboxylic acids is 3. The Morgan fingerprint density at radius 3 is 1.95 bits per heavy atom. The molecule has 0 radical (unpaired) electrons. The standard InChI is InChI=1S/C28H32N6O6/c1-15(35)25(34-26(37)20(29)10-16-12-30-21-8-4-2-6-18(16)21)27(38)32-14-24(36)33-23(28(39)40)11-17-13-31-22-9-5-3-7-19(17)22/h2-9,12-13,15,20,23,25,30-31,35H,10-11,14,29H2,1H3,(H,32,38)(H,33,36)(H,34,37)(H,39,40). The molecule has 0 aliphatic heterocycles. The molecule has 2 aromatic carbocycles. The number of nitrogens with one attached hydrogen (secondary N) is 5. The van der Waals surface area contributed by atoms with Gasteiger partial charge in [0.2, 0.25) is 17.7 Å². The summed E-state index contributed by atoms with van der Waals surface area (Å²) in [6.45, 7) is 0.758. The van der Waals surface area contributed by atoms with Gasteiger partial charge < -0.3 is 41.9 Å². The average molecular weight is 549 g/mol. The number of carbonyl (C=O) groups is 4. The highest BCUT2D eigenvalue weighted by Gasteiger charge is 2.29. The second kappa shape index (κ2) is 12.5. The van der Waals surface area contributed by atoms with Gasteiger partial charge in [-0.15, -0.1) is 0 Å². The molecule has 12 nitrogen and oxygen atoms in total. The van der Waals surface area contributed by atoms with Gasteiger partial charge in [-0.05, 0) is 36.6 Å². The molecule has 0 saturated carbocycles. The summed E-state index contributed by atoms with van der Waals surface area (Å²) in [5.41, 5.74) is 9.37. The third-order valence-corrected chi connectivity index (χ3v) is 6.67. The van der Waals surface area contributed by atoms with Crippen molar-refractivity contribution >= 4 is 45.5 Å². The van der Waals surface area contributed by atoms with Crippen LogP contribution in [-0.4, -0.2) is 74.6 Å². The molecule has 0 spiro atoms. The minimum absolute atomic E-state index is 0.0275. The molecule has 4 atom stereocenters. The zero-order valence-corrected chi connectivity index (χ0v) is 21.8. The van der Waals surface area contributed by atoms with Crippen molar-refractivity contribution < 1.29 is 29.4 Å². The predicted molar refractivity (Wildman–Crippen MR) is 148 cm³/mol. The molecule has 40 heavy (non-hydrogen) atoms. The number of hydrogen-bond acceptors (Lipinski definition) is 6. The van der Waals surface area contributed by atoms with Gasteiger partial charge in [0.05, 0.1) is 18.7 Å². The van der Waals surface area contributed by atoms with E-state index in [1.165, 1.54) is 6.92 Å². The van der Waals surface area contributed by atoms with Crippen molar-refractivity contribution in [3.8, 4) is 0 Å². The molecular formula is C28H32N6O6. The van der Waals surface area contributed by atoms with Crippen molar-refractivity contribution in [2.24, 2.45) is 5.73 Å². The first kappa shape index (κ1) is 28.3. The van der Waals surface area contributed by atoms with Crippen LogP contribution in [0.1, 0.15) is 18.1 Å². The zero-order valence-electron chi connectivity index (χ0n) is 21.8. The highest BCUT2D eigenvalue weighted by atomic mass is 16.4. The number of nitrogens with two attached hydrogens (primary N) is 1. The predicted octanol–water partition coefficient (Wildman–Crippen LogP) is 0.313. The van der Waals surface area contributed by atoms with Gasteiger partial charge in [-0.2, -0.15) is 0 Å². The lowest BCUT2D eigenvalue weighted by atomic mass is 10.0. The summed E-state index contributed by atoms with van der Waals surface area (Å²) < 4.78 is 0. The fraction of sp³-hybridized carbons (Fsp3) is 0.286. The summed E-state index contributed by atoms with van der Waals surface area (Å²) in [7, 11) is 0. The Morgan fingerprint density at radius 1 is 0.850 bits per heavy atom. The highest BCUT2D eigenvalue weighted by molar-refractivity contribution is 5.93. The summed E-state index contributed by atoms with van der Waals surface area (Å²) in [5.74, 6) is -3.45. The molecule has 0 fully saturated rings. The van der Waals surface area contributed by atoms with E-state index in [-0.39, 0.29) is 12.8 Å². The van der Waals surface area contributed by atoms with E-state index in [2.05, 4.69) is 25.9 Å². The zero-order chi connectivity index (χ0) is 28.8. The number of aliphatic carboxylic acids is 1. The lowest BCUT2D eigenvalue weighted by Gasteiger charge is -2.23. The molecule has 12 heteroatoms. The number of carboxylic acid groups (broad SMARTS) is 1. The van der Waals surface area contributed by atoms with Crippen LogP contribution in [0.2, 0.25) is 0 Å². The number of benzene rings is 2. The van der Waals surface area contributed by atoms with E-state index in [4.69, 9.17) is 5.73 Å². The van der Waals surface area contributed by atoms with Gasteiger partial charge in [0, 0.05) is 40.6 Å². The van der Waals surface area contributed by atoms with E-state index in [1.807, 2.05) is 48.5 Å². The number of para-hydroxylation sites is 2. The van der Waals surface area contributed by atoms with Crippen LogP contribution in [0.15, 0.2) is 60.9 Å². The summed E-state index contributed by atoms with van der Waals surface area (Å²) >= 11 is 0. The van der Waals surface area contributed by atoms with Gasteiger partial charge in [-0.25, -0.2) is 4.79 Å². The number of hydrogen-bond donors (Lipinski definition) is 8. The third kappa shape index (κ3) is 6.65. The Kier molecular flexibility index (Phi) is 8.82. The Labute approximate surface area is 229 Å². The van der Waals surface area contributed by atoms with Crippen LogP contribution in [-0.2, 0) is 32.0 Å². The number of aliphatic hydroxyl groups excluding tert-OH is 1. The minimum Gasteiger partial charge on any atom is -0.480 e. The molecule has 210 valence electrons. The Bertz CT molecular complexity index is 1530. The van der Waals surface area contributed by atoms with Crippen LogP contribution >= 0.6 is 0 Å². The van der Waals surface area contributed by atoms with Crippen molar-refractivity contribution in [3.63, 3.8) is 0 Å². The normalized spacial score (nSPS) is 14.3. The summed E-state index contributed by atoms with van der Waals surface area (Å²) in [6.07, 6.45) is 2.38. The molecule has 3 amide bonds. The lowest BCUT2D eigenvalue weighted by molar-refractivity contribution is -0.141. The van der Waals surface area contributed by atoms with Crippen molar-refractivity contribution in [3.05, 3.63) is 72.1 Å². The fourth-order valence-corrected chi connectivity index (χ4v) is 4.54. The summed E-state index contributed by atoms with van der Waals surface area (Å²) in [4.78, 5) is 55.9. The number of carboxylic acids is 1. The lowest BCUT2D eigenvalue weighted by Crippen LogP contribution is -2.57. The molecule has 4 unspecified atom stereocenters. The highest BCUT2D eigenvalue weighted by Crippen LogP contribution is 2.20. The Balaban J connectivity index is 1.31. The molecule has 0 aliphatic rings. The quantitative estimate of drug-likeness (QED) is 0.124.